The number of rotatable bonds is 4. The molecule has 4 rings (SSSR count). The molecule has 2 fully saturated rings. The molecule has 2 aliphatic carbocycles. The Balaban J connectivity index is 1.74. The molecule has 0 aromatic carbocycles. The third-order valence-corrected chi connectivity index (χ3v) is 9.17. The summed E-state index contributed by atoms with van der Waals surface area (Å²) in [5.41, 5.74) is 0.727. The number of aliphatic hydroxyl groups excluding tert-OH is 1. The molecular formula is C28H40O6. The molecule has 188 valence electrons. The lowest BCUT2D eigenvalue weighted by atomic mass is 9.45. The van der Waals surface area contributed by atoms with E-state index in [1.54, 1.807) is 27.7 Å². The molecule has 0 amide bonds. The number of allylic oxidation sites excluding steroid dienone is 2. The van der Waals surface area contributed by atoms with E-state index in [4.69, 9.17) is 13.9 Å². The standard InChI is InChI=1S/C28H40O6/c1-15-9-10-21-27(6,19(15)13-18-23(30)16(2)17(3)33-25(18)32-8)12-11-22-28(21,7)14-20(29)24(34-22)26(4,5)31/h19,21-22,29,31H,1,9-14H2,2-8H3/t19-,21-,22-,27-,28-/m1/s1. The van der Waals surface area contributed by atoms with Crippen molar-refractivity contribution in [1.29, 1.82) is 0 Å². The fraction of sp³-hybridized carbons (Fsp3) is 0.679. The van der Waals surface area contributed by atoms with Gasteiger partial charge in [-0.15, -0.1) is 0 Å². The molecule has 1 aliphatic heterocycles. The Labute approximate surface area is 202 Å². The second-order valence-corrected chi connectivity index (χ2v) is 11.8. The Morgan fingerprint density at radius 3 is 2.50 bits per heavy atom. The van der Waals surface area contributed by atoms with Gasteiger partial charge in [0.2, 0.25) is 0 Å². The topological polar surface area (TPSA) is 89.1 Å². The van der Waals surface area contributed by atoms with Crippen molar-refractivity contribution in [2.24, 2.45) is 22.7 Å². The fourth-order valence-electron chi connectivity index (χ4n) is 7.23. The van der Waals surface area contributed by atoms with Gasteiger partial charge in [-0.05, 0) is 77.0 Å². The Morgan fingerprint density at radius 2 is 1.88 bits per heavy atom. The maximum atomic E-state index is 13.2. The van der Waals surface area contributed by atoms with E-state index in [1.807, 2.05) is 0 Å². The summed E-state index contributed by atoms with van der Waals surface area (Å²) in [5, 5.41) is 21.4. The number of aliphatic hydroxyl groups is 2. The van der Waals surface area contributed by atoms with Gasteiger partial charge in [0.15, 0.2) is 11.2 Å². The molecule has 2 N–H and O–H groups in total. The molecule has 0 saturated heterocycles. The van der Waals surface area contributed by atoms with Crippen LogP contribution in [0.15, 0.2) is 32.9 Å². The first kappa shape index (κ1) is 24.9. The van der Waals surface area contributed by atoms with Gasteiger partial charge in [0.25, 0.3) is 5.95 Å². The van der Waals surface area contributed by atoms with Gasteiger partial charge in [-0.25, -0.2) is 0 Å². The Hall–Kier alpha value is -2.21. The van der Waals surface area contributed by atoms with Crippen LogP contribution in [0.5, 0.6) is 5.95 Å². The van der Waals surface area contributed by atoms with Crippen molar-refractivity contribution in [2.75, 3.05) is 7.11 Å². The highest BCUT2D eigenvalue weighted by molar-refractivity contribution is 5.33. The molecule has 0 bridgehead atoms. The first-order valence-electron chi connectivity index (χ1n) is 12.4. The average Bonchev–Trinajstić information content (AvgIpc) is 2.73. The molecule has 1 aromatic rings. The Bertz CT molecular complexity index is 1090. The van der Waals surface area contributed by atoms with Crippen LogP contribution in [0.1, 0.15) is 76.7 Å². The van der Waals surface area contributed by atoms with Gasteiger partial charge in [0.05, 0.1) is 12.7 Å². The highest BCUT2D eigenvalue weighted by Gasteiger charge is 2.61. The summed E-state index contributed by atoms with van der Waals surface area (Å²) in [6, 6.07) is 0. The average molecular weight is 473 g/mol. The number of hydrogen-bond donors (Lipinski definition) is 2. The van der Waals surface area contributed by atoms with Crippen LogP contribution in [0, 0.1) is 36.5 Å². The highest BCUT2D eigenvalue weighted by atomic mass is 16.6. The van der Waals surface area contributed by atoms with E-state index in [2.05, 4.69) is 20.4 Å². The maximum absolute atomic E-state index is 13.2. The fourth-order valence-corrected chi connectivity index (χ4v) is 7.23. The molecule has 2 heterocycles. The van der Waals surface area contributed by atoms with Crippen LogP contribution >= 0.6 is 0 Å². The normalized spacial score (nSPS) is 33.8. The minimum atomic E-state index is -1.22. The molecule has 0 spiro atoms. The number of ether oxygens (including phenoxy) is 2. The van der Waals surface area contributed by atoms with Gasteiger partial charge in [-0.1, -0.05) is 26.0 Å². The number of aryl methyl sites for hydroxylation is 1. The second-order valence-electron chi connectivity index (χ2n) is 11.8. The summed E-state index contributed by atoms with van der Waals surface area (Å²) in [5.74, 6) is 1.67. The molecule has 6 heteroatoms. The first-order valence-corrected chi connectivity index (χ1v) is 12.4. The molecule has 0 radical (unpaired) electrons. The third-order valence-electron chi connectivity index (χ3n) is 9.17. The summed E-state index contributed by atoms with van der Waals surface area (Å²) < 4.78 is 17.6. The van der Waals surface area contributed by atoms with Crippen LogP contribution < -0.4 is 10.2 Å². The van der Waals surface area contributed by atoms with E-state index in [9.17, 15) is 15.0 Å². The van der Waals surface area contributed by atoms with Crippen molar-refractivity contribution in [3.8, 4) is 5.95 Å². The predicted molar refractivity (Wildman–Crippen MR) is 131 cm³/mol. The van der Waals surface area contributed by atoms with E-state index in [0.717, 1.165) is 31.3 Å². The first-order chi connectivity index (χ1) is 15.7. The van der Waals surface area contributed by atoms with Crippen molar-refractivity contribution < 1.29 is 24.1 Å². The lowest BCUT2D eigenvalue weighted by Gasteiger charge is -2.62. The number of hydrogen-bond acceptors (Lipinski definition) is 6. The summed E-state index contributed by atoms with van der Waals surface area (Å²) in [6.07, 6.45) is 4.50. The van der Waals surface area contributed by atoms with Gasteiger partial charge in [0, 0.05) is 17.4 Å². The van der Waals surface area contributed by atoms with Crippen LogP contribution in [0.3, 0.4) is 0 Å². The largest absolute Gasteiger partial charge is 0.509 e. The zero-order chi connectivity index (χ0) is 25.2. The summed E-state index contributed by atoms with van der Waals surface area (Å²) in [4.78, 5) is 13.2. The summed E-state index contributed by atoms with van der Waals surface area (Å²) >= 11 is 0. The molecule has 6 nitrogen and oxygen atoms in total. The van der Waals surface area contributed by atoms with Gasteiger partial charge in [-0.2, -0.15) is 0 Å². The van der Waals surface area contributed by atoms with Crippen LogP contribution in [0.25, 0.3) is 0 Å². The lowest BCUT2D eigenvalue weighted by Crippen LogP contribution is -2.58. The molecule has 3 aliphatic rings. The molecule has 0 unspecified atom stereocenters. The minimum absolute atomic E-state index is 0.0181. The van der Waals surface area contributed by atoms with E-state index >= 15 is 0 Å². The molecular weight excluding hydrogens is 432 g/mol. The Morgan fingerprint density at radius 1 is 1.21 bits per heavy atom. The van der Waals surface area contributed by atoms with E-state index in [1.165, 1.54) is 7.11 Å². The monoisotopic (exact) mass is 472 g/mol. The van der Waals surface area contributed by atoms with E-state index in [0.29, 0.717) is 41.4 Å². The van der Waals surface area contributed by atoms with Crippen molar-refractivity contribution in [2.45, 2.75) is 91.8 Å². The molecule has 34 heavy (non-hydrogen) atoms. The summed E-state index contributed by atoms with van der Waals surface area (Å²) in [6.45, 7) is 15.9. The van der Waals surface area contributed by atoms with E-state index in [-0.39, 0.29) is 40.0 Å². The van der Waals surface area contributed by atoms with Crippen LogP contribution in [0.4, 0.5) is 0 Å². The molecule has 5 atom stereocenters. The van der Waals surface area contributed by atoms with Gasteiger partial charge in [0.1, 0.15) is 23.2 Å². The molecule has 1 aromatic heterocycles. The van der Waals surface area contributed by atoms with Crippen molar-refractivity contribution >= 4 is 0 Å². The number of fused-ring (bicyclic) bond motifs is 3. The van der Waals surface area contributed by atoms with E-state index < -0.39 is 5.60 Å². The lowest BCUT2D eigenvalue weighted by molar-refractivity contribution is -0.170. The van der Waals surface area contributed by atoms with Crippen molar-refractivity contribution in [1.82, 2.24) is 0 Å². The van der Waals surface area contributed by atoms with Gasteiger partial charge >= 0.3 is 0 Å². The van der Waals surface area contributed by atoms with Crippen molar-refractivity contribution in [3.63, 3.8) is 0 Å². The predicted octanol–water partition coefficient (Wildman–Crippen LogP) is 5.53. The third kappa shape index (κ3) is 3.69. The van der Waals surface area contributed by atoms with Crippen LogP contribution in [0.2, 0.25) is 0 Å². The second kappa shape index (κ2) is 8.18. The van der Waals surface area contributed by atoms with Crippen LogP contribution in [-0.2, 0) is 11.2 Å². The smallest absolute Gasteiger partial charge is 0.291 e. The maximum Gasteiger partial charge on any atom is 0.291 e. The minimum Gasteiger partial charge on any atom is -0.509 e. The SMILES string of the molecule is C=C1CC[C@@H]2[C@](C)(CC[C@H]3OC(C(C)(C)O)=C(O)C[C@]23C)[C@@H]1Cc1c(OC)oc(C)c(C)c1=O. The Kier molecular flexibility index (Phi) is 5.99. The quantitative estimate of drug-likeness (QED) is 0.561. The highest BCUT2D eigenvalue weighted by Crippen LogP contribution is 2.65. The zero-order valence-corrected chi connectivity index (χ0v) is 21.7. The molecule has 2 saturated carbocycles. The number of methoxy groups -OCH3 is 1. The van der Waals surface area contributed by atoms with Crippen LogP contribution in [-0.4, -0.2) is 29.0 Å². The van der Waals surface area contributed by atoms with Gasteiger partial charge < -0.3 is 24.1 Å². The zero-order valence-electron chi connectivity index (χ0n) is 21.7. The van der Waals surface area contributed by atoms with Gasteiger partial charge in [-0.3, -0.25) is 4.79 Å². The summed E-state index contributed by atoms with van der Waals surface area (Å²) in [7, 11) is 1.54. The van der Waals surface area contributed by atoms with Crippen molar-refractivity contribution in [3.05, 3.63) is 50.8 Å².